The van der Waals surface area contributed by atoms with Gasteiger partial charge >= 0.3 is 0 Å². The minimum atomic E-state index is -0.131. The number of amides is 1. The minimum absolute atomic E-state index is 0.131. The quantitative estimate of drug-likeness (QED) is 0.689. The van der Waals surface area contributed by atoms with E-state index in [4.69, 9.17) is 11.6 Å². The molecule has 1 aliphatic rings. The number of amidine groups is 1. The summed E-state index contributed by atoms with van der Waals surface area (Å²) in [6, 6.07) is 13.8. The number of hydrogen-bond donors (Lipinski definition) is 1. The average molecular weight is 411 g/mol. The first-order chi connectivity index (χ1) is 13.6. The third kappa shape index (κ3) is 4.08. The van der Waals surface area contributed by atoms with Gasteiger partial charge in [0.2, 0.25) is 0 Å². The topological polar surface area (TPSA) is 57.6 Å². The highest BCUT2D eigenvalue weighted by molar-refractivity contribution is 7.17. The fraction of sp³-hybridized carbons (Fsp3) is 0.190. The Morgan fingerprint density at radius 3 is 2.61 bits per heavy atom. The zero-order valence-electron chi connectivity index (χ0n) is 15.4. The van der Waals surface area contributed by atoms with Gasteiger partial charge in [0.15, 0.2) is 0 Å². The van der Waals surface area contributed by atoms with E-state index in [9.17, 15) is 4.79 Å². The van der Waals surface area contributed by atoms with Crippen LogP contribution in [-0.4, -0.2) is 41.8 Å². The van der Waals surface area contributed by atoms with Gasteiger partial charge in [-0.2, -0.15) is 0 Å². The Balaban J connectivity index is 1.45. The highest BCUT2D eigenvalue weighted by Gasteiger charge is 2.14. The summed E-state index contributed by atoms with van der Waals surface area (Å²) in [5, 5.41) is 2.91. The van der Waals surface area contributed by atoms with Crippen LogP contribution in [0.3, 0.4) is 0 Å². The second-order valence-electron chi connectivity index (χ2n) is 6.57. The number of nitrogens with one attached hydrogen (secondary N) is 1. The molecule has 1 aromatic carbocycles. The van der Waals surface area contributed by atoms with Gasteiger partial charge in [-0.05, 0) is 29.3 Å². The molecule has 4 rings (SSSR count). The van der Waals surface area contributed by atoms with Gasteiger partial charge in [0, 0.05) is 43.7 Å². The molecule has 0 saturated heterocycles. The van der Waals surface area contributed by atoms with E-state index in [1.165, 1.54) is 11.3 Å². The summed E-state index contributed by atoms with van der Waals surface area (Å²) in [7, 11) is 2.06. The van der Waals surface area contributed by atoms with Crippen LogP contribution in [0.4, 0.5) is 0 Å². The van der Waals surface area contributed by atoms with Gasteiger partial charge in [0.25, 0.3) is 5.91 Å². The van der Waals surface area contributed by atoms with Crippen molar-refractivity contribution in [3.8, 4) is 11.1 Å². The van der Waals surface area contributed by atoms with Crippen molar-refractivity contribution >= 4 is 34.7 Å². The van der Waals surface area contributed by atoms with Gasteiger partial charge in [-0.1, -0.05) is 35.9 Å². The number of benzene rings is 1. The molecule has 0 spiro atoms. The number of halogens is 1. The number of aromatic nitrogens is 1. The standard InChI is InChI=1S/C21H19ClN4OS/c1-26-9-8-24-20(26)16-4-2-15(3-5-16)17-10-14(11-23-13-17)12-25-21(27)18-6-7-19(22)28-18/h2-7,10-11,13H,8-9,12H2,1H3,(H,25,27). The number of rotatable bonds is 5. The van der Waals surface area contributed by atoms with Crippen LogP contribution in [0.25, 0.3) is 11.1 Å². The van der Waals surface area contributed by atoms with Gasteiger partial charge < -0.3 is 10.2 Å². The number of thiophene rings is 1. The van der Waals surface area contributed by atoms with Gasteiger partial charge in [0.1, 0.15) is 5.84 Å². The molecule has 28 heavy (non-hydrogen) atoms. The largest absolute Gasteiger partial charge is 0.358 e. The van der Waals surface area contributed by atoms with Crippen LogP contribution in [0.1, 0.15) is 20.8 Å². The molecule has 1 aliphatic heterocycles. The van der Waals surface area contributed by atoms with Crippen molar-refractivity contribution in [3.05, 3.63) is 75.2 Å². The Kier molecular flexibility index (Phi) is 5.41. The second kappa shape index (κ2) is 8.12. The van der Waals surface area contributed by atoms with Gasteiger partial charge in [-0.3, -0.25) is 14.8 Å². The maximum Gasteiger partial charge on any atom is 0.261 e. The van der Waals surface area contributed by atoms with E-state index in [2.05, 4.69) is 51.5 Å². The van der Waals surface area contributed by atoms with Crippen LogP contribution in [-0.2, 0) is 6.54 Å². The lowest BCUT2D eigenvalue weighted by Gasteiger charge is -2.14. The molecule has 5 nitrogen and oxygen atoms in total. The lowest BCUT2D eigenvalue weighted by atomic mass is 10.0. The maximum absolute atomic E-state index is 12.2. The predicted molar refractivity (Wildman–Crippen MR) is 114 cm³/mol. The number of pyridine rings is 1. The van der Waals surface area contributed by atoms with Crippen LogP contribution in [0.2, 0.25) is 4.34 Å². The first-order valence-electron chi connectivity index (χ1n) is 8.94. The first-order valence-corrected chi connectivity index (χ1v) is 10.1. The van der Waals surface area contributed by atoms with Crippen molar-refractivity contribution in [2.24, 2.45) is 4.99 Å². The maximum atomic E-state index is 12.2. The summed E-state index contributed by atoms with van der Waals surface area (Å²) >= 11 is 7.16. The highest BCUT2D eigenvalue weighted by Crippen LogP contribution is 2.23. The molecule has 0 fully saturated rings. The Labute approximate surface area is 172 Å². The molecule has 7 heteroatoms. The van der Waals surface area contributed by atoms with E-state index in [0.29, 0.717) is 15.8 Å². The Hall–Kier alpha value is -2.70. The van der Waals surface area contributed by atoms with E-state index < -0.39 is 0 Å². The summed E-state index contributed by atoms with van der Waals surface area (Å²) < 4.78 is 0.604. The van der Waals surface area contributed by atoms with E-state index in [1.807, 2.05) is 12.3 Å². The molecule has 0 saturated carbocycles. The lowest BCUT2D eigenvalue weighted by Crippen LogP contribution is -2.23. The van der Waals surface area contributed by atoms with Crippen LogP contribution >= 0.6 is 22.9 Å². The van der Waals surface area contributed by atoms with Crippen LogP contribution in [0.15, 0.2) is 59.9 Å². The number of likely N-dealkylation sites (N-methyl/N-ethyl adjacent to an activating group) is 1. The molecule has 2 aromatic heterocycles. The summed E-state index contributed by atoms with van der Waals surface area (Å²) in [6.07, 6.45) is 3.60. The minimum Gasteiger partial charge on any atom is -0.358 e. The number of carbonyl (C=O) groups excluding carboxylic acids is 1. The van der Waals surface area contributed by atoms with Crippen molar-refractivity contribution < 1.29 is 4.79 Å². The molecule has 0 aliphatic carbocycles. The van der Waals surface area contributed by atoms with Crippen molar-refractivity contribution in [2.75, 3.05) is 20.1 Å². The normalized spacial score (nSPS) is 13.5. The molecular formula is C21H19ClN4OS. The van der Waals surface area contributed by atoms with Gasteiger partial charge in [-0.15, -0.1) is 11.3 Å². The molecule has 3 heterocycles. The summed E-state index contributed by atoms with van der Waals surface area (Å²) in [6.45, 7) is 2.23. The van der Waals surface area contributed by atoms with Crippen LogP contribution in [0.5, 0.6) is 0 Å². The molecule has 0 unspecified atom stereocenters. The van der Waals surface area contributed by atoms with Crippen molar-refractivity contribution in [1.82, 2.24) is 15.2 Å². The molecule has 1 N–H and O–H groups in total. The summed E-state index contributed by atoms with van der Waals surface area (Å²) in [5.41, 5.74) is 4.15. The van der Waals surface area contributed by atoms with Crippen molar-refractivity contribution in [1.29, 1.82) is 0 Å². The molecular weight excluding hydrogens is 392 g/mol. The average Bonchev–Trinajstić information content (AvgIpc) is 3.35. The zero-order valence-corrected chi connectivity index (χ0v) is 16.9. The molecule has 1 amide bonds. The lowest BCUT2D eigenvalue weighted by molar-refractivity contribution is 0.0955. The van der Waals surface area contributed by atoms with E-state index in [1.54, 1.807) is 18.3 Å². The molecule has 0 radical (unpaired) electrons. The number of carbonyl (C=O) groups is 1. The van der Waals surface area contributed by atoms with E-state index in [-0.39, 0.29) is 5.91 Å². The number of hydrogen-bond acceptors (Lipinski definition) is 5. The zero-order chi connectivity index (χ0) is 19.5. The third-order valence-corrected chi connectivity index (χ3v) is 5.81. The van der Waals surface area contributed by atoms with E-state index in [0.717, 1.165) is 41.2 Å². The van der Waals surface area contributed by atoms with Crippen LogP contribution < -0.4 is 5.32 Å². The van der Waals surface area contributed by atoms with Gasteiger partial charge in [0.05, 0.1) is 15.8 Å². The van der Waals surface area contributed by atoms with Crippen LogP contribution in [0, 0.1) is 0 Å². The predicted octanol–water partition coefficient (Wildman–Crippen LogP) is 4.09. The van der Waals surface area contributed by atoms with E-state index >= 15 is 0 Å². The first kappa shape index (κ1) is 18.7. The molecule has 0 bridgehead atoms. The summed E-state index contributed by atoms with van der Waals surface area (Å²) in [4.78, 5) is 23.8. The smallest absolute Gasteiger partial charge is 0.261 e. The van der Waals surface area contributed by atoms with Crippen molar-refractivity contribution in [2.45, 2.75) is 6.54 Å². The monoisotopic (exact) mass is 410 g/mol. The Morgan fingerprint density at radius 1 is 1.14 bits per heavy atom. The SMILES string of the molecule is CN1CCN=C1c1ccc(-c2cncc(CNC(=O)c3ccc(Cl)s3)c2)cc1. The summed E-state index contributed by atoms with van der Waals surface area (Å²) in [5.74, 6) is 0.905. The van der Waals surface area contributed by atoms with Crippen molar-refractivity contribution in [3.63, 3.8) is 0 Å². The molecule has 0 atom stereocenters. The second-order valence-corrected chi connectivity index (χ2v) is 8.29. The molecule has 3 aromatic rings. The fourth-order valence-corrected chi connectivity index (χ4v) is 4.06. The Morgan fingerprint density at radius 2 is 1.93 bits per heavy atom. The Bertz CT molecular complexity index is 1030. The fourth-order valence-electron chi connectivity index (χ4n) is 3.10. The molecule has 142 valence electrons. The number of aliphatic imine (C=N–C) groups is 1. The number of nitrogens with zero attached hydrogens (tertiary/aromatic N) is 3. The highest BCUT2D eigenvalue weighted by atomic mass is 35.5. The van der Waals surface area contributed by atoms with Gasteiger partial charge in [-0.25, -0.2) is 0 Å². The third-order valence-electron chi connectivity index (χ3n) is 4.58.